The highest BCUT2D eigenvalue weighted by Gasteiger charge is 2.36. The summed E-state index contributed by atoms with van der Waals surface area (Å²) in [6, 6.07) is 14.6. The Morgan fingerprint density at radius 2 is 1.92 bits per heavy atom. The van der Waals surface area contributed by atoms with E-state index in [1.807, 2.05) is 24.3 Å². The van der Waals surface area contributed by atoms with Gasteiger partial charge in [-0.3, -0.25) is 9.59 Å². The van der Waals surface area contributed by atoms with E-state index in [-0.39, 0.29) is 18.3 Å². The summed E-state index contributed by atoms with van der Waals surface area (Å²) in [6.07, 6.45) is 1.12. The fourth-order valence-electron chi connectivity index (χ4n) is 3.13. The predicted molar refractivity (Wildman–Crippen MR) is 103 cm³/mol. The Kier molecular flexibility index (Phi) is 5.62. The molecule has 0 radical (unpaired) electrons. The fraction of sp³-hybridized carbons (Fsp3) is 0.333. The lowest BCUT2D eigenvalue weighted by Crippen LogP contribution is -2.27. The quantitative estimate of drug-likeness (QED) is 0.559. The molecule has 0 spiro atoms. The van der Waals surface area contributed by atoms with Gasteiger partial charge in [0.25, 0.3) is 0 Å². The molecule has 0 N–H and O–H groups in total. The third-order valence-corrected chi connectivity index (χ3v) is 5.12. The number of hydrogen-bond acceptors (Lipinski definition) is 3. The van der Waals surface area contributed by atoms with Gasteiger partial charge in [-0.15, -0.1) is 0 Å². The van der Waals surface area contributed by atoms with Crippen molar-refractivity contribution in [3.05, 3.63) is 59.1 Å². The van der Waals surface area contributed by atoms with E-state index < -0.39 is 5.92 Å². The molecular weight excluding hydrogens is 350 g/mol. The minimum atomic E-state index is -0.469. The third-order valence-electron chi connectivity index (χ3n) is 4.87. The number of carbonyl (C=O) groups is 2. The number of ether oxygens (including phenoxy) is 1. The number of carbonyl (C=O) groups excluding carboxylic acids is 2. The summed E-state index contributed by atoms with van der Waals surface area (Å²) in [4.78, 5) is 26.6. The van der Waals surface area contributed by atoms with Crippen LogP contribution in [0.3, 0.4) is 0 Å². The first kappa shape index (κ1) is 18.5. The summed E-state index contributed by atoms with van der Waals surface area (Å²) in [6.45, 7) is 4.53. The van der Waals surface area contributed by atoms with Crippen LogP contribution in [0.1, 0.15) is 38.2 Å². The Bertz CT molecular complexity index is 803. The number of amides is 1. The lowest BCUT2D eigenvalue weighted by atomic mass is 9.98. The number of hydrogen-bond donors (Lipinski definition) is 0. The van der Waals surface area contributed by atoms with Crippen LogP contribution in [0.2, 0.25) is 5.02 Å². The zero-order valence-corrected chi connectivity index (χ0v) is 15.7. The van der Waals surface area contributed by atoms with Crippen LogP contribution in [-0.2, 0) is 9.59 Å². The minimum absolute atomic E-state index is 0.0792. The number of benzene rings is 2. The first-order valence-corrected chi connectivity index (χ1v) is 9.24. The van der Waals surface area contributed by atoms with Gasteiger partial charge in [-0.25, -0.2) is 0 Å². The Morgan fingerprint density at radius 3 is 2.62 bits per heavy atom. The fourth-order valence-corrected chi connectivity index (χ4v) is 3.25. The van der Waals surface area contributed by atoms with Crippen molar-refractivity contribution < 1.29 is 14.3 Å². The second kappa shape index (κ2) is 7.92. The molecule has 1 saturated heterocycles. The molecule has 0 unspecified atom stereocenters. The van der Waals surface area contributed by atoms with Crippen LogP contribution in [0.15, 0.2) is 48.5 Å². The van der Waals surface area contributed by atoms with Crippen molar-refractivity contribution in [3.8, 4) is 5.75 Å². The molecule has 5 heteroatoms. The van der Waals surface area contributed by atoms with Crippen LogP contribution >= 0.6 is 11.6 Å². The Morgan fingerprint density at radius 1 is 1.23 bits per heavy atom. The van der Waals surface area contributed by atoms with E-state index in [0.717, 1.165) is 17.7 Å². The topological polar surface area (TPSA) is 46.6 Å². The highest BCUT2D eigenvalue weighted by Crippen LogP contribution is 2.31. The van der Waals surface area contributed by atoms with Gasteiger partial charge >= 0.3 is 5.97 Å². The maximum absolute atomic E-state index is 12.6. The molecule has 0 aliphatic carbocycles. The van der Waals surface area contributed by atoms with Crippen LogP contribution in [0.4, 0.5) is 5.69 Å². The Hall–Kier alpha value is -2.33. The van der Waals surface area contributed by atoms with Crippen LogP contribution in [0.25, 0.3) is 0 Å². The maximum atomic E-state index is 12.6. The molecule has 136 valence electrons. The van der Waals surface area contributed by atoms with Crippen LogP contribution in [0, 0.1) is 5.92 Å². The molecule has 2 atom stereocenters. The van der Waals surface area contributed by atoms with E-state index in [4.69, 9.17) is 16.3 Å². The Balaban J connectivity index is 1.72. The van der Waals surface area contributed by atoms with Crippen molar-refractivity contribution in [1.82, 2.24) is 0 Å². The molecule has 1 aliphatic heterocycles. The largest absolute Gasteiger partial charge is 0.426 e. The lowest BCUT2D eigenvalue weighted by Gasteiger charge is -2.18. The second-order valence-electron chi connectivity index (χ2n) is 6.65. The molecule has 2 aromatic carbocycles. The van der Waals surface area contributed by atoms with E-state index in [1.54, 1.807) is 29.2 Å². The molecule has 1 aliphatic rings. The summed E-state index contributed by atoms with van der Waals surface area (Å²) >= 11 is 5.90. The van der Waals surface area contributed by atoms with E-state index in [0.29, 0.717) is 23.2 Å². The number of esters is 1. The van der Waals surface area contributed by atoms with Gasteiger partial charge in [0.2, 0.25) is 5.91 Å². The van der Waals surface area contributed by atoms with Gasteiger partial charge in [0.15, 0.2) is 0 Å². The summed E-state index contributed by atoms with van der Waals surface area (Å²) < 4.78 is 5.67. The van der Waals surface area contributed by atoms with Gasteiger partial charge < -0.3 is 9.64 Å². The molecular formula is C21H22ClNO3. The highest BCUT2D eigenvalue weighted by atomic mass is 35.5. The van der Waals surface area contributed by atoms with E-state index in [1.165, 1.54) is 0 Å². The number of rotatable bonds is 5. The second-order valence-corrected chi connectivity index (χ2v) is 7.09. The molecule has 3 rings (SSSR count). The van der Waals surface area contributed by atoms with Crippen LogP contribution in [-0.4, -0.2) is 18.4 Å². The molecule has 26 heavy (non-hydrogen) atoms. The summed E-state index contributed by atoms with van der Waals surface area (Å²) in [5, 5.41) is 0.609. The smallest absolute Gasteiger partial charge is 0.316 e. The molecule has 1 amide bonds. The van der Waals surface area contributed by atoms with Gasteiger partial charge in [-0.05, 0) is 48.2 Å². The Labute approximate surface area is 158 Å². The predicted octanol–water partition coefficient (Wildman–Crippen LogP) is 4.81. The number of halogens is 1. The molecule has 0 bridgehead atoms. The van der Waals surface area contributed by atoms with Gasteiger partial charge in [0.05, 0.1) is 5.92 Å². The van der Waals surface area contributed by atoms with Crippen LogP contribution < -0.4 is 9.64 Å². The zero-order chi connectivity index (χ0) is 18.7. The normalized spacial score (nSPS) is 18.0. The van der Waals surface area contributed by atoms with Gasteiger partial charge in [-0.1, -0.05) is 43.6 Å². The first-order valence-electron chi connectivity index (χ1n) is 8.86. The molecule has 1 fully saturated rings. The molecule has 4 nitrogen and oxygen atoms in total. The average molecular weight is 372 g/mol. The molecule has 2 aromatic rings. The van der Waals surface area contributed by atoms with Crippen molar-refractivity contribution in [3.63, 3.8) is 0 Å². The molecule has 0 saturated carbocycles. The minimum Gasteiger partial charge on any atom is -0.426 e. The standard InChI is InChI=1S/C21H22ClNO3/c1-3-14(2)18-6-4-5-7-19(18)26-21(25)15-12-20(24)23(13-15)17-10-8-16(22)9-11-17/h4-11,14-15H,3,12-13H2,1-2H3/t14-,15-/m1/s1. The van der Waals surface area contributed by atoms with Crippen molar-refractivity contribution in [1.29, 1.82) is 0 Å². The number of anilines is 1. The van der Waals surface area contributed by atoms with Gasteiger partial charge in [0.1, 0.15) is 5.75 Å². The summed E-state index contributed by atoms with van der Waals surface area (Å²) in [5.74, 6) is -0.0164. The lowest BCUT2D eigenvalue weighted by molar-refractivity contribution is -0.139. The van der Waals surface area contributed by atoms with Gasteiger partial charge in [0, 0.05) is 23.7 Å². The van der Waals surface area contributed by atoms with Crippen molar-refractivity contribution in [2.24, 2.45) is 5.92 Å². The average Bonchev–Trinajstić information content (AvgIpc) is 3.04. The third kappa shape index (κ3) is 3.91. The first-order chi connectivity index (χ1) is 12.5. The monoisotopic (exact) mass is 371 g/mol. The van der Waals surface area contributed by atoms with Crippen molar-refractivity contribution in [2.45, 2.75) is 32.6 Å². The highest BCUT2D eigenvalue weighted by molar-refractivity contribution is 6.30. The van der Waals surface area contributed by atoms with E-state index in [2.05, 4.69) is 13.8 Å². The van der Waals surface area contributed by atoms with E-state index >= 15 is 0 Å². The van der Waals surface area contributed by atoms with Gasteiger partial charge in [-0.2, -0.15) is 0 Å². The van der Waals surface area contributed by atoms with Crippen LogP contribution in [0.5, 0.6) is 5.75 Å². The zero-order valence-electron chi connectivity index (χ0n) is 14.9. The van der Waals surface area contributed by atoms with Crippen molar-refractivity contribution >= 4 is 29.2 Å². The summed E-state index contributed by atoms with van der Waals surface area (Å²) in [5.41, 5.74) is 1.76. The SMILES string of the molecule is CC[C@@H](C)c1ccccc1OC(=O)[C@@H]1CC(=O)N(c2ccc(Cl)cc2)C1. The number of nitrogens with zero attached hydrogens (tertiary/aromatic N) is 1. The van der Waals surface area contributed by atoms with E-state index in [9.17, 15) is 9.59 Å². The molecule has 1 heterocycles. The van der Waals surface area contributed by atoms with Crippen molar-refractivity contribution in [2.75, 3.05) is 11.4 Å². The maximum Gasteiger partial charge on any atom is 0.316 e. The molecule has 0 aromatic heterocycles. The summed E-state index contributed by atoms with van der Waals surface area (Å²) in [7, 11) is 0. The number of para-hydroxylation sites is 1.